The fourth-order valence-electron chi connectivity index (χ4n) is 1.99. The van der Waals surface area contributed by atoms with E-state index >= 15 is 0 Å². The highest BCUT2D eigenvalue weighted by molar-refractivity contribution is 6.30. The first-order valence-electron chi connectivity index (χ1n) is 6.02. The minimum atomic E-state index is -0.439. The third kappa shape index (κ3) is 3.02. The van der Waals surface area contributed by atoms with Gasteiger partial charge in [-0.15, -0.1) is 0 Å². The summed E-state index contributed by atoms with van der Waals surface area (Å²) < 4.78 is 13.7. The van der Waals surface area contributed by atoms with Gasteiger partial charge < -0.3 is 0 Å². The van der Waals surface area contributed by atoms with Gasteiger partial charge >= 0.3 is 0 Å². The Balaban J connectivity index is 2.28. The van der Waals surface area contributed by atoms with Crippen LogP contribution in [0.3, 0.4) is 0 Å². The number of hydrogen-bond acceptors (Lipinski definition) is 1. The van der Waals surface area contributed by atoms with Crippen LogP contribution in [0.1, 0.15) is 27.0 Å². The summed E-state index contributed by atoms with van der Waals surface area (Å²) in [6.45, 7) is 3.86. The maximum Gasteiger partial charge on any atom is 0.167 e. The monoisotopic (exact) mass is 276 g/mol. The Morgan fingerprint density at radius 2 is 1.95 bits per heavy atom. The largest absolute Gasteiger partial charge is 0.294 e. The third-order valence-corrected chi connectivity index (χ3v) is 3.51. The van der Waals surface area contributed by atoms with Gasteiger partial charge in [0, 0.05) is 17.0 Å². The minimum absolute atomic E-state index is 0.0489. The molecule has 0 heterocycles. The molecule has 0 saturated carbocycles. The van der Waals surface area contributed by atoms with Crippen molar-refractivity contribution in [2.24, 2.45) is 0 Å². The topological polar surface area (TPSA) is 17.1 Å². The summed E-state index contributed by atoms with van der Waals surface area (Å²) in [5.74, 6) is -0.520. The lowest BCUT2D eigenvalue weighted by atomic mass is 9.96. The van der Waals surface area contributed by atoms with Crippen LogP contribution < -0.4 is 0 Å². The third-order valence-electron chi connectivity index (χ3n) is 3.27. The van der Waals surface area contributed by atoms with Crippen LogP contribution in [0.5, 0.6) is 0 Å². The second-order valence-corrected chi connectivity index (χ2v) is 5.02. The van der Waals surface area contributed by atoms with Crippen molar-refractivity contribution in [1.82, 2.24) is 0 Å². The number of ketones is 1. The summed E-state index contributed by atoms with van der Waals surface area (Å²) >= 11 is 5.69. The van der Waals surface area contributed by atoms with Crippen LogP contribution in [0.15, 0.2) is 36.4 Å². The standard InChI is InChI=1S/C16H14ClFO/c1-10-4-3-5-14(11(10)2)16(19)8-12-6-7-13(17)9-15(12)18/h3-7,9H,8H2,1-2H3. The van der Waals surface area contributed by atoms with Crippen molar-refractivity contribution >= 4 is 17.4 Å². The van der Waals surface area contributed by atoms with Gasteiger partial charge in [-0.05, 0) is 42.7 Å². The van der Waals surface area contributed by atoms with E-state index in [1.807, 2.05) is 26.0 Å². The normalized spacial score (nSPS) is 10.5. The quantitative estimate of drug-likeness (QED) is 0.753. The average molecular weight is 277 g/mol. The Bertz CT molecular complexity index is 635. The molecule has 0 aromatic heterocycles. The highest BCUT2D eigenvalue weighted by Gasteiger charge is 2.13. The summed E-state index contributed by atoms with van der Waals surface area (Å²) in [6.07, 6.45) is 0.0489. The summed E-state index contributed by atoms with van der Waals surface area (Å²) in [5.41, 5.74) is 3.02. The first kappa shape index (κ1) is 13.8. The van der Waals surface area contributed by atoms with E-state index in [4.69, 9.17) is 11.6 Å². The molecule has 0 aliphatic carbocycles. The maximum absolute atomic E-state index is 13.7. The van der Waals surface area contributed by atoms with Crippen molar-refractivity contribution < 1.29 is 9.18 Å². The van der Waals surface area contributed by atoms with Crippen molar-refractivity contribution in [2.75, 3.05) is 0 Å². The van der Waals surface area contributed by atoms with Gasteiger partial charge in [-0.2, -0.15) is 0 Å². The second kappa shape index (κ2) is 5.54. The number of aryl methyl sites for hydroxylation is 1. The molecule has 19 heavy (non-hydrogen) atoms. The van der Waals surface area contributed by atoms with Crippen molar-refractivity contribution in [3.8, 4) is 0 Å². The molecule has 0 aliphatic heterocycles. The van der Waals surface area contributed by atoms with E-state index in [9.17, 15) is 9.18 Å². The molecule has 2 rings (SSSR count). The molecule has 0 fully saturated rings. The number of rotatable bonds is 3. The number of carbonyl (C=O) groups is 1. The average Bonchev–Trinajstić information content (AvgIpc) is 2.36. The van der Waals surface area contributed by atoms with Gasteiger partial charge in [0.1, 0.15) is 5.82 Å². The lowest BCUT2D eigenvalue weighted by Crippen LogP contribution is -2.07. The van der Waals surface area contributed by atoms with Crippen molar-refractivity contribution in [1.29, 1.82) is 0 Å². The van der Waals surface area contributed by atoms with Crippen molar-refractivity contribution in [2.45, 2.75) is 20.3 Å². The van der Waals surface area contributed by atoms with Crippen LogP contribution in [0, 0.1) is 19.7 Å². The van der Waals surface area contributed by atoms with E-state index in [2.05, 4.69) is 0 Å². The van der Waals surface area contributed by atoms with E-state index in [1.165, 1.54) is 6.07 Å². The van der Waals surface area contributed by atoms with Crippen molar-refractivity contribution in [3.05, 3.63) is 69.5 Å². The minimum Gasteiger partial charge on any atom is -0.294 e. The molecule has 0 N–H and O–H groups in total. The number of hydrogen-bond donors (Lipinski definition) is 0. The first-order valence-corrected chi connectivity index (χ1v) is 6.40. The molecule has 0 saturated heterocycles. The molecule has 0 atom stereocenters. The fourth-order valence-corrected chi connectivity index (χ4v) is 2.15. The van der Waals surface area contributed by atoms with E-state index in [1.54, 1.807) is 18.2 Å². The van der Waals surface area contributed by atoms with Gasteiger partial charge in [0.05, 0.1) is 0 Å². The highest BCUT2D eigenvalue weighted by atomic mass is 35.5. The van der Waals surface area contributed by atoms with Gasteiger partial charge in [0.15, 0.2) is 5.78 Å². The Kier molecular flexibility index (Phi) is 4.01. The zero-order chi connectivity index (χ0) is 14.0. The molecule has 3 heteroatoms. The number of Topliss-reactive ketones (excluding diaryl/α,β-unsaturated/α-hetero) is 1. The molecular weight excluding hydrogens is 263 g/mol. The Labute approximate surface area is 117 Å². The zero-order valence-corrected chi connectivity index (χ0v) is 11.6. The lowest BCUT2D eigenvalue weighted by molar-refractivity contribution is 0.0991. The van der Waals surface area contributed by atoms with Crippen LogP contribution in [-0.4, -0.2) is 5.78 Å². The van der Waals surface area contributed by atoms with Crippen LogP contribution in [0.2, 0.25) is 5.02 Å². The van der Waals surface area contributed by atoms with Crippen LogP contribution in [0.25, 0.3) is 0 Å². The number of carbonyl (C=O) groups excluding carboxylic acids is 1. The van der Waals surface area contributed by atoms with Gasteiger partial charge in [0.25, 0.3) is 0 Å². The molecule has 0 spiro atoms. The molecule has 0 radical (unpaired) electrons. The molecular formula is C16H14ClFO. The van der Waals surface area contributed by atoms with Gasteiger partial charge in [0.2, 0.25) is 0 Å². The van der Waals surface area contributed by atoms with Gasteiger partial charge in [-0.25, -0.2) is 4.39 Å². The summed E-state index contributed by atoms with van der Waals surface area (Å²) in [6, 6.07) is 9.95. The molecule has 0 bridgehead atoms. The number of benzene rings is 2. The first-order chi connectivity index (χ1) is 8.99. The molecule has 0 aliphatic rings. The second-order valence-electron chi connectivity index (χ2n) is 4.58. The van der Waals surface area contributed by atoms with E-state index in [0.717, 1.165) is 11.1 Å². The summed E-state index contributed by atoms with van der Waals surface area (Å²) in [4.78, 5) is 12.2. The molecule has 1 nitrogen and oxygen atoms in total. The van der Waals surface area contributed by atoms with Crippen LogP contribution in [0.4, 0.5) is 4.39 Å². The molecule has 98 valence electrons. The Morgan fingerprint density at radius 1 is 1.21 bits per heavy atom. The zero-order valence-electron chi connectivity index (χ0n) is 10.8. The van der Waals surface area contributed by atoms with E-state index < -0.39 is 5.82 Å². The van der Waals surface area contributed by atoms with E-state index in [-0.39, 0.29) is 12.2 Å². The SMILES string of the molecule is Cc1cccc(C(=O)Cc2ccc(Cl)cc2F)c1C. The predicted octanol–water partition coefficient (Wildman–Crippen LogP) is 4.52. The Morgan fingerprint density at radius 3 is 2.63 bits per heavy atom. The molecule has 0 amide bonds. The molecule has 0 unspecified atom stereocenters. The van der Waals surface area contributed by atoms with Gasteiger partial charge in [-0.1, -0.05) is 35.9 Å². The summed E-state index contributed by atoms with van der Waals surface area (Å²) in [5, 5.41) is 0.334. The molecule has 2 aromatic carbocycles. The smallest absolute Gasteiger partial charge is 0.167 e. The van der Waals surface area contributed by atoms with Crippen molar-refractivity contribution in [3.63, 3.8) is 0 Å². The summed E-state index contributed by atoms with van der Waals surface area (Å²) in [7, 11) is 0. The lowest BCUT2D eigenvalue weighted by Gasteiger charge is -2.08. The number of halogens is 2. The van der Waals surface area contributed by atoms with Crippen LogP contribution >= 0.6 is 11.6 Å². The fraction of sp³-hybridized carbons (Fsp3) is 0.188. The predicted molar refractivity (Wildman–Crippen MR) is 75.4 cm³/mol. The molecule has 2 aromatic rings. The van der Waals surface area contributed by atoms with E-state index in [0.29, 0.717) is 16.1 Å². The maximum atomic E-state index is 13.7. The highest BCUT2D eigenvalue weighted by Crippen LogP contribution is 2.19. The van der Waals surface area contributed by atoms with Crippen LogP contribution in [-0.2, 0) is 6.42 Å². The Hall–Kier alpha value is -1.67. The van der Waals surface area contributed by atoms with Gasteiger partial charge in [-0.3, -0.25) is 4.79 Å².